The number of halogens is 3. The van der Waals surface area contributed by atoms with Crippen LogP contribution in [0, 0.1) is 0 Å². The molecule has 6 nitrogen and oxygen atoms in total. The van der Waals surface area contributed by atoms with Gasteiger partial charge in [0.15, 0.2) is 5.60 Å². The van der Waals surface area contributed by atoms with Gasteiger partial charge in [0.2, 0.25) is 0 Å². The van der Waals surface area contributed by atoms with Crippen LogP contribution in [0.15, 0.2) is 36.4 Å². The second kappa shape index (κ2) is 8.66. The molecule has 2 fully saturated rings. The Labute approximate surface area is 199 Å². The first-order valence-corrected chi connectivity index (χ1v) is 12.0. The molecule has 2 saturated carbocycles. The van der Waals surface area contributed by atoms with Crippen LogP contribution in [0.2, 0.25) is 0 Å². The molecular weight excluding hydrogens is 469 g/mol. The van der Waals surface area contributed by atoms with Crippen molar-refractivity contribution in [2.75, 3.05) is 0 Å². The molecule has 0 spiro atoms. The average Bonchev–Trinajstić information content (AvgIpc) is 3.47. The fourth-order valence-corrected chi connectivity index (χ4v) is 5.56. The average molecular weight is 497 g/mol. The van der Waals surface area contributed by atoms with Gasteiger partial charge in [0.05, 0.1) is 10.5 Å². The first-order valence-electron chi connectivity index (χ1n) is 11.2. The molecule has 1 heterocycles. The highest BCUT2D eigenvalue weighted by Gasteiger charge is 2.51. The lowest BCUT2D eigenvalue weighted by Gasteiger charge is -2.41. The zero-order valence-electron chi connectivity index (χ0n) is 18.6. The van der Waals surface area contributed by atoms with Crippen LogP contribution in [0.5, 0.6) is 0 Å². The molecule has 0 aliphatic heterocycles. The summed E-state index contributed by atoms with van der Waals surface area (Å²) in [6.45, 7) is 0.684. The number of hydrogen-bond acceptors (Lipinski definition) is 5. The number of hydrogen-bond donors (Lipinski definition) is 3. The molecular formula is C24H27F3N2O4S. The van der Waals surface area contributed by atoms with Crippen LogP contribution in [0.25, 0.3) is 0 Å². The lowest BCUT2D eigenvalue weighted by atomic mass is 9.80. The summed E-state index contributed by atoms with van der Waals surface area (Å²) in [5.74, 6) is -0.801. The Hall–Kier alpha value is -2.43. The summed E-state index contributed by atoms with van der Waals surface area (Å²) in [5, 5.41) is 21.0. The van der Waals surface area contributed by atoms with Gasteiger partial charge in [0, 0.05) is 22.5 Å². The predicted octanol–water partition coefficient (Wildman–Crippen LogP) is 4.05. The van der Waals surface area contributed by atoms with E-state index in [4.69, 9.17) is 5.73 Å². The Morgan fingerprint density at radius 3 is 2.06 bits per heavy atom. The van der Waals surface area contributed by atoms with Gasteiger partial charge in [0.25, 0.3) is 11.8 Å². The Kier molecular flexibility index (Phi) is 6.28. The third kappa shape index (κ3) is 4.58. The number of primary amides is 1. The Bertz CT molecular complexity index is 1070. The summed E-state index contributed by atoms with van der Waals surface area (Å²) in [7, 11) is 0. The van der Waals surface area contributed by atoms with Gasteiger partial charge in [0.1, 0.15) is 0 Å². The van der Waals surface area contributed by atoms with Crippen molar-refractivity contribution in [1.29, 1.82) is 0 Å². The topological polar surface area (TPSA) is 104 Å². The molecule has 2 aliphatic rings. The molecule has 34 heavy (non-hydrogen) atoms. The number of rotatable bonds is 6. The normalized spacial score (nSPS) is 24.9. The molecule has 1 atom stereocenters. The van der Waals surface area contributed by atoms with E-state index in [9.17, 15) is 33.0 Å². The van der Waals surface area contributed by atoms with Crippen LogP contribution < -0.4 is 5.73 Å². The number of thiophene rings is 1. The van der Waals surface area contributed by atoms with E-state index in [0.29, 0.717) is 42.4 Å². The Balaban J connectivity index is 1.48. The number of nitrogens with two attached hydrogens (primary N) is 1. The van der Waals surface area contributed by atoms with Crippen molar-refractivity contribution < 1.29 is 33.0 Å². The molecule has 10 heteroatoms. The molecule has 1 aromatic carbocycles. The molecule has 0 bridgehead atoms. The van der Waals surface area contributed by atoms with Gasteiger partial charge in [-0.2, -0.15) is 13.2 Å². The third-order valence-electron chi connectivity index (χ3n) is 6.90. The first kappa shape index (κ1) is 24.7. The summed E-state index contributed by atoms with van der Waals surface area (Å²) in [4.78, 5) is 27.6. The predicted molar refractivity (Wildman–Crippen MR) is 120 cm³/mol. The number of benzene rings is 1. The highest BCUT2D eigenvalue weighted by molar-refractivity contribution is 7.14. The van der Waals surface area contributed by atoms with E-state index in [2.05, 4.69) is 0 Å². The lowest BCUT2D eigenvalue weighted by Crippen LogP contribution is -2.46. The fourth-order valence-electron chi connectivity index (χ4n) is 4.56. The smallest absolute Gasteiger partial charge is 0.384 e. The zero-order valence-corrected chi connectivity index (χ0v) is 19.5. The van der Waals surface area contributed by atoms with Crippen LogP contribution in [0.1, 0.15) is 75.9 Å². The van der Waals surface area contributed by atoms with Crippen molar-refractivity contribution in [1.82, 2.24) is 4.90 Å². The van der Waals surface area contributed by atoms with Gasteiger partial charge < -0.3 is 20.8 Å². The maximum absolute atomic E-state index is 13.3. The van der Waals surface area contributed by atoms with Crippen molar-refractivity contribution in [2.24, 2.45) is 5.73 Å². The minimum absolute atomic E-state index is 0.0739. The summed E-state index contributed by atoms with van der Waals surface area (Å²) in [5.41, 5.74) is 1.16. The fraction of sp³-hybridized carbons (Fsp3) is 0.500. The van der Waals surface area contributed by atoms with E-state index in [-0.39, 0.29) is 29.1 Å². The molecule has 0 radical (unpaired) electrons. The number of aliphatic hydroxyl groups is 2. The molecule has 2 aromatic rings. The monoisotopic (exact) mass is 496 g/mol. The van der Waals surface area contributed by atoms with Crippen molar-refractivity contribution in [3.8, 4) is 0 Å². The standard InChI is InChI=1S/C24H27F3N2O4S/c1-22(32,24(25,26)27)15-4-2-14(3-5-15)21(31)29(16-6-7-16)17-10-12-23(33,13-11-17)19-9-8-18(34-19)20(28)30/h2-5,8-9,16-17,32-33H,6-7,10-13H2,1H3,(H2,28,30)/t17-,22-,23+/m0/s1. The highest BCUT2D eigenvalue weighted by atomic mass is 32.1. The number of carbonyl (C=O) groups is 2. The Morgan fingerprint density at radius 1 is 1.03 bits per heavy atom. The van der Waals surface area contributed by atoms with Crippen molar-refractivity contribution in [3.05, 3.63) is 57.3 Å². The van der Waals surface area contributed by atoms with Gasteiger partial charge in [-0.05, 0) is 75.3 Å². The minimum atomic E-state index is -4.84. The van der Waals surface area contributed by atoms with E-state index in [0.717, 1.165) is 25.0 Å². The molecule has 4 rings (SSSR count). The number of alkyl halides is 3. The molecule has 4 N–H and O–H groups in total. The quantitative estimate of drug-likeness (QED) is 0.561. The first-order chi connectivity index (χ1) is 15.8. The minimum Gasteiger partial charge on any atom is -0.384 e. The van der Waals surface area contributed by atoms with E-state index in [1.807, 2.05) is 0 Å². The zero-order chi connectivity index (χ0) is 24.9. The number of amides is 2. The second-order valence-electron chi connectivity index (χ2n) is 9.38. The molecule has 184 valence electrons. The van der Waals surface area contributed by atoms with Crippen molar-refractivity contribution >= 4 is 23.2 Å². The summed E-state index contributed by atoms with van der Waals surface area (Å²) in [6.07, 6.45) is -1.16. The third-order valence-corrected chi connectivity index (χ3v) is 8.20. The van der Waals surface area contributed by atoms with Crippen molar-refractivity contribution in [2.45, 2.75) is 74.9 Å². The van der Waals surface area contributed by atoms with E-state index < -0.39 is 23.3 Å². The maximum atomic E-state index is 13.3. The molecule has 0 saturated heterocycles. The molecule has 1 aromatic heterocycles. The maximum Gasteiger partial charge on any atom is 0.421 e. The van der Waals surface area contributed by atoms with E-state index in [1.54, 1.807) is 17.0 Å². The largest absolute Gasteiger partial charge is 0.421 e. The van der Waals surface area contributed by atoms with E-state index in [1.165, 1.54) is 23.5 Å². The number of nitrogens with zero attached hydrogens (tertiary/aromatic N) is 1. The summed E-state index contributed by atoms with van der Waals surface area (Å²) in [6, 6.07) is 8.21. The molecule has 2 amide bonds. The highest BCUT2D eigenvalue weighted by Crippen LogP contribution is 2.44. The van der Waals surface area contributed by atoms with Gasteiger partial charge in [-0.1, -0.05) is 12.1 Å². The summed E-state index contributed by atoms with van der Waals surface area (Å²) >= 11 is 1.18. The van der Waals surface area contributed by atoms with Crippen molar-refractivity contribution in [3.63, 3.8) is 0 Å². The second-order valence-corrected chi connectivity index (χ2v) is 10.5. The van der Waals surface area contributed by atoms with Gasteiger partial charge in [-0.25, -0.2) is 0 Å². The SMILES string of the molecule is C[C@](O)(c1ccc(C(=O)N(C2CC2)[C@H]2CC[C@](O)(c3ccc(C(N)=O)s3)CC2)cc1)C(F)(F)F. The van der Waals surface area contributed by atoms with Crippen LogP contribution in [0.4, 0.5) is 13.2 Å². The molecule has 0 unspecified atom stereocenters. The van der Waals surface area contributed by atoms with E-state index >= 15 is 0 Å². The number of carbonyl (C=O) groups excluding carboxylic acids is 2. The molecule has 2 aliphatic carbocycles. The van der Waals surface area contributed by atoms with Gasteiger partial charge in [-0.15, -0.1) is 11.3 Å². The van der Waals surface area contributed by atoms with Crippen LogP contribution in [0.3, 0.4) is 0 Å². The summed E-state index contributed by atoms with van der Waals surface area (Å²) < 4.78 is 39.4. The van der Waals surface area contributed by atoms with Crippen LogP contribution in [-0.4, -0.2) is 45.2 Å². The lowest BCUT2D eigenvalue weighted by molar-refractivity contribution is -0.258. The Morgan fingerprint density at radius 2 is 1.59 bits per heavy atom. The van der Waals surface area contributed by atoms with Crippen LogP contribution >= 0.6 is 11.3 Å². The van der Waals surface area contributed by atoms with Crippen LogP contribution in [-0.2, 0) is 11.2 Å². The van der Waals surface area contributed by atoms with Gasteiger partial charge >= 0.3 is 6.18 Å². The van der Waals surface area contributed by atoms with Gasteiger partial charge in [-0.3, -0.25) is 9.59 Å².